The fourth-order valence-electron chi connectivity index (χ4n) is 1.06. The molecule has 0 aliphatic heterocycles. The molecule has 0 saturated carbocycles. The van der Waals surface area contributed by atoms with Crippen LogP contribution >= 0.6 is 0 Å². The van der Waals surface area contributed by atoms with Crippen molar-refractivity contribution in [3.05, 3.63) is 53.6 Å². The third-order valence-electron chi connectivity index (χ3n) is 1.78. The maximum Gasteiger partial charge on any atom is 0.335 e. The molecule has 0 atom stereocenters. The molecule has 0 amide bonds. The van der Waals surface area contributed by atoms with Crippen molar-refractivity contribution in [3.63, 3.8) is 0 Å². The van der Waals surface area contributed by atoms with Crippen LogP contribution in [0.25, 0.3) is 6.08 Å². The molecule has 0 saturated heterocycles. The van der Waals surface area contributed by atoms with E-state index in [1.54, 1.807) is 30.3 Å². The number of hydrogen-bond acceptors (Lipinski definition) is 2. The van der Waals surface area contributed by atoms with E-state index in [0.717, 1.165) is 5.56 Å². The minimum atomic E-state index is -1.28. The van der Waals surface area contributed by atoms with Crippen molar-refractivity contribution in [2.45, 2.75) is 0 Å². The zero-order valence-corrected chi connectivity index (χ0v) is 8.33. The first-order valence-electron chi connectivity index (χ1n) is 4.50. The van der Waals surface area contributed by atoms with Gasteiger partial charge < -0.3 is 10.2 Å². The van der Waals surface area contributed by atoms with Gasteiger partial charge in [0.25, 0.3) is 0 Å². The third-order valence-corrected chi connectivity index (χ3v) is 1.78. The normalized spacial score (nSPS) is 11.6. The van der Waals surface area contributed by atoms with Gasteiger partial charge in [0, 0.05) is 6.08 Å². The molecule has 0 radical (unpaired) electrons. The zero-order chi connectivity index (χ0) is 12.0. The number of carbonyl (C=O) groups is 2. The minimum absolute atomic E-state index is 0.267. The van der Waals surface area contributed by atoms with Crippen LogP contribution in [0.3, 0.4) is 0 Å². The van der Waals surface area contributed by atoms with Gasteiger partial charge in [0.1, 0.15) is 0 Å². The van der Waals surface area contributed by atoms with E-state index >= 15 is 0 Å². The van der Waals surface area contributed by atoms with Gasteiger partial charge in [0.2, 0.25) is 0 Å². The van der Waals surface area contributed by atoms with Crippen molar-refractivity contribution >= 4 is 18.0 Å². The van der Waals surface area contributed by atoms with E-state index in [2.05, 4.69) is 0 Å². The van der Waals surface area contributed by atoms with Crippen molar-refractivity contribution in [1.29, 1.82) is 0 Å². The van der Waals surface area contributed by atoms with Crippen LogP contribution < -0.4 is 0 Å². The Morgan fingerprint density at radius 3 is 2.19 bits per heavy atom. The van der Waals surface area contributed by atoms with E-state index in [9.17, 15) is 9.59 Å². The third kappa shape index (κ3) is 3.79. The Balaban J connectivity index is 2.89. The number of benzene rings is 1. The molecule has 0 unspecified atom stereocenters. The molecule has 82 valence electrons. The van der Waals surface area contributed by atoms with Crippen LogP contribution in [0.5, 0.6) is 0 Å². The smallest absolute Gasteiger partial charge is 0.335 e. The maximum absolute atomic E-state index is 10.7. The molecule has 4 heteroatoms. The zero-order valence-electron chi connectivity index (χ0n) is 8.33. The topological polar surface area (TPSA) is 74.6 Å². The number of carboxylic acid groups (broad SMARTS) is 2. The second kappa shape index (κ2) is 5.50. The molecule has 16 heavy (non-hydrogen) atoms. The van der Waals surface area contributed by atoms with Gasteiger partial charge in [-0.15, -0.1) is 0 Å². The lowest BCUT2D eigenvalue weighted by atomic mass is 10.1. The van der Waals surface area contributed by atoms with E-state index in [1.165, 1.54) is 6.08 Å². The predicted octanol–water partition coefficient (Wildman–Crippen LogP) is 1.80. The molecule has 1 rings (SSSR count). The number of hydrogen-bond donors (Lipinski definition) is 2. The molecule has 0 bridgehead atoms. The Bertz CT molecular complexity index is 443. The molecule has 0 heterocycles. The predicted molar refractivity (Wildman–Crippen MR) is 58.8 cm³/mol. The molecule has 4 nitrogen and oxygen atoms in total. The van der Waals surface area contributed by atoms with Crippen LogP contribution in [0, 0.1) is 0 Å². The lowest BCUT2D eigenvalue weighted by molar-refractivity contribution is -0.134. The highest BCUT2D eigenvalue weighted by atomic mass is 16.4. The quantitative estimate of drug-likeness (QED) is 0.596. The summed E-state index contributed by atoms with van der Waals surface area (Å²) < 4.78 is 0. The first-order chi connectivity index (χ1) is 7.59. The average molecular weight is 218 g/mol. The van der Waals surface area contributed by atoms with Crippen molar-refractivity contribution in [2.75, 3.05) is 0 Å². The molecular weight excluding hydrogens is 208 g/mol. The second-order valence-electron chi connectivity index (χ2n) is 2.99. The molecular formula is C12H10O4. The Morgan fingerprint density at radius 2 is 1.69 bits per heavy atom. The number of rotatable bonds is 4. The summed E-state index contributed by atoms with van der Waals surface area (Å²) in [7, 11) is 0. The molecule has 0 fully saturated rings. The molecule has 0 spiro atoms. The van der Waals surface area contributed by atoms with Gasteiger partial charge in [0.05, 0.1) is 5.57 Å². The van der Waals surface area contributed by atoms with E-state index in [0.29, 0.717) is 6.08 Å². The molecule has 0 aliphatic rings. The van der Waals surface area contributed by atoms with Crippen LogP contribution in [0.1, 0.15) is 5.56 Å². The van der Waals surface area contributed by atoms with Crippen LogP contribution in [0.15, 0.2) is 48.1 Å². The molecule has 0 aliphatic carbocycles. The highest BCUT2D eigenvalue weighted by Gasteiger charge is 2.04. The number of aliphatic carboxylic acids is 2. The lowest BCUT2D eigenvalue weighted by Gasteiger charge is -1.94. The van der Waals surface area contributed by atoms with E-state index in [4.69, 9.17) is 10.2 Å². The van der Waals surface area contributed by atoms with Crippen LogP contribution in [0.2, 0.25) is 0 Å². The van der Waals surface area contributed by atoms with Gasteiger partial charge >= 0.3 is 11.9 Å². The summed E-state index contributed by atoms with van der Waals surface area (Å²) in [5.74, 6) is -2.55. The molecule has 2 N–H and O–H groups in total. The van der Waals surface area contributed by atoms with Gasteiger partial charge in [-0.05, 0) is 11.6 Å². The maximum atomic E-state index is 10.7. The van der Waals surface area contributed by atoms with Crippen molar-refractivity contribution in [1.82, 2.24) is 0 Å². The Kier molecular flexibility index (Phi) is 4.03. The average Bonchev–Trinajstić information content (AvgIpc) is 2.25. The van der Waals surface area contributed by atoms with Gasteiger partial charge in [0.15, 0.2) is 0 Å². The largest absolute Gasteiger partial charge is 0.478 e. The van der Waals surface area contributed by atoms with Gasteiger partial charge in [-0.25, -0.2) is 9.59 Å². The SMILES string of the molecule is O=C(O)/C=C(/C=Cc1ccccc1)C(=O)O. The second-order valence-corrected chi connectivity index (χ2v) is 2.99. The summed E-state index contributed by atoms with van der Waals surface area (Å²) >= 11 is 0. The monoisotopic (exact) mass is 218 g/mol. The molecule has 1 aromatic rings. The minimum Gasteiger partial charge on any atom is -0.478 e. The Morgan fingerprint density at radius 1 is 1.06 bits per heavy atom. The Hall–Kier alpha value is -2.36. The van der Waals surface area contributed by atoms with Crippen LogP contribution in [0.4, 0.5) is 0 Å². The van der Waals surface area contributed by atoms with E-state index in [-0.39, 0.29) is 5.57 Å². The van der Waals surface area contributed by atoms with E-state index < -0.39 is 11.9 Å². The number of carboxylic acids is 2. The summed E-state index contributed by atoms with van der Waals surface area (Å²) in [6, 6.07) is 9.03. The standard InChI is InChI=1S/C12H10O4/c13-11(14)8-10(12(15)16)7-6-9-4-2-1-3-5-9/h1-8H,(H,13,14)(H,15,16)/b7-6?,10-8-. The van der Waals surface area contributed by atoms with Gasteiger partial charge in [-0.1, -0.05) is 36.4 Å². The highest BCUT2D eigenvalue weighted by molar-refractivity contribution is 5.97. The summed E-state index contributed by atoms with van der Waals surface area (Å²) in [5, 5.41) is 17.2. The van der Waals surface area contributed by atoms with Gasteiger partial charge in [-0.2, -0.15) is 0 Å². The summed E-state index contributed by atoms with van der Waals surface area (Å²) in [5.41, 5.74) is 0.538. The fraction of sp³-hybridized carbons (Fsp3) is 0. The first-order valence-corrected chi connectivity index (χ1v) is 4.50. The highest BCUT2D eigenvalue weighted by Crippen LogP contribution is 2.05. The molecule has 0 aromatic heterocycles. The van der Waals surface area contributed by atoms with Crippen molar-refractivity contribution in [3.8, 4) is 0 Å². The summed E-state index contributed by atoms with van der Waals surface area (Å²) in [4.78, 5) is 21.0. The van der Waals surface area contributed by atoms with Crippen molar-refractivity contribution in [2.24, 2.45) is 0 Å². The first kappa shape index (κ1) is 11.7. The summed E-state index contributed by atoms with van der Waals surface area (Å²) in [6.45, 7) is 0. The fourth-order valence-corrected chi connectivity index (χ4v) is 1.06. The lowest BCUT2D eigenvalue weighted by Crippen LogP contribution is -2.01. The van der Waals surface area contributed by atoms with Crippen molar-refractivity contribution < 1.29 is 19.8 Å². The Labute approximate surface area is 92.2 Å². The van der Waals surface area contributed by atoms with Crippen LogP contribution in [-0.2, 0) is 9.59 Å². The van der Waals surface area contributed by atoms with Crippen LogP contribution in [-0.4, -0.2) is 22.2 Å². The van der Waals surface area contributed by atoms with Gasteiger partial charge in [-0.3, -0.25) is 0 Å². The summed E-state index contributed by atoms with van der Waals surface area (Å²) in [6.07, 6.45) is 3.45. The molecule has 1 aromatic carbocycles. The van der Waals surface area contributed by atoms with E-state index in [1.807, 2.05) is 6.07 Å².